The SMILES string of the molecule is CC(NC(=O)CCS(C)(=O)=O)N(C)C(C)C(=O)c1ccc2c(c1)OCO2. The topological polar surface area (TPSA) is 102 Å². The Balaban J connectivity index is 1.95. The second-order valence-electron chi connectivity index (χ2n) is 6.40. The number of ether oxygens (including phenoxy) is 2. The molecule has 1 heterocycles. The van der Waals surface area contributed by atoms with Crippen LogP contribution in [0.2, 0.25) is 0 Å². The number of ketones is 1. The molecular formula is C17H24N2O6S. The molecule has 0 aliphatic carbocycles. The van der Waals surface area contributed by atoms with Crippen LogP contribution < -0.4 is 14.8 Å². The molecule has 0 saturated heterocycles. The van der Waals surface area contributed by atoms with Gasteiger partial charge in [0.1, 0.15) is 9.84 Å². The summed E-state index contributed by atoms with van der Waals surface area (Å²) in [5.74, 6) is 0.434. The molecule has 0 aromatic heterocycles. The molecule has 0 radical (unpaired) electrons. The summed E-state index contributed by atoms with van der Waals surface area (Å²) in [5, 5.41) is 2.71. The fourth-order valence-electron chi connectivity index (χ4n) is 2.50. The Morgan fingerprint density at radius 2 is 1.88 bits per heavy atom. The summed E-state index contributed by atoms with van der Waals surface area (Å²) >= 11 is 0. The van der Waals surface area contributed by atoms with Crippen LogP contribution in [-0.2, 0) is 14.6 Å². The van der Waals surface area contributed by atoms with Crippen molar-refractivity contribution >= 4 is 21.5 Å². The van der Waals surface area contributed by atoms with Gasteiger partial charge in [-0.3, -0.25) is 14.5 Å². The van der Waals surface area contributed by atoms with Crippen molar-refractivity contribution in [1.82, 2.24) is 10.2 Å². The molecule has 1 amide bonds. The quantitative estimate of drug-likeness (QED) is 0.523. The molecular weight excluding hydrogens is 360 g/mol. The van der Waals surface area contributed by atoms with E-state index in [0.717, 1.165) is 6.26 Å². The molecule has 1 N–H and O–H groups in total. The van der Waals surface area contributed by atoms with Gasteiger partial charge in [-0.05, 0) is 39.1 Å². The molecule has 1 aromatic rings. The van der Waals surface area contributed by atoms with E-state index in [4.69, 9.17) is 9.47 Å². The van der Waals surface area contributed by atoms with Gasteiger partial charge in [0.15, 0.2) is 17.3 Å². The number of benzene rings is 1. The molecule has 0 fully saturated rings. The molecule has 0 bridgehead atoms. The van der Waals surface area contributed by atoms with Crippen LogP contribution in [0.1, 0.15) is 30.6 Å². The average molecular weight is 384 g/mol. The zero-order valence-corrected chi connectivity index (χ0v) is 16.1. The molecule has 26 heavy (non-hydrogen) atoms. The van der Waals surface area contributed by atoms with E-state index in [1.165, 1.54) is 0 Å². The van der Waals surface area contributed by atoms with E-state index in [0.29, 0.717) is 17.1 Å². The normalized spacial score (nSPS) is 15.6. The van der Waals surface area contributed by atoms with Crippen molar-refractivity contribution in [2.24, 2.45) is 0 Å². The third-order valence-electron chi connectivity index (χ3n) is 4.33. The Hall–Kier alpha value is -2.13. The molecule has 2 atom stereocenters. The smallest absolute Gasteiger partial charge is 0.231 e. The Kier molecular flexibility index (Phi) is 6.25. The highest BCUT2D eigenvalue weighted by Crippen LogP contribution is 2.33. The highest BCUT2D eigenvalue weighted by Gasteiger charge is 2.26. The molecule has 0 spiro atoms. The summed E-state index contributed by atoms with van der Waals surface area (Å²) in [5.41, 5.74) is 0.490. The summed E-state index contributed by atoms with van der Waals surface area (Å²) in [6.07, 6.45) is 0.540. The summed E-state index contributed by atoms with van der Waals surface area (Å²) < 4.78 is 32.8. The average Bonchev–Trinajstić information content (AvgIpc) is 3.04. The number of fused-ring (bicyclic) bond motifs is 1. The molecule has 0 saturated carbocycles. The van der Waals surface area contributed by atoms with Crippen molar-refractivity contribution in [3.63, 3.8) is 0 Å². The first-order chi connectivity index (χ1) is 12.1. The zero-order chi connectivity index (χ0) is 19.5. The van der Waals surface area contributed by atoms with Crippen LogP contribution in [0.4, 0.5) is 0 Å². The number of nitrogens with one attached hydrogen (secondary N) is 1. The molecule has 1 aliphatic heterocycles. The number of nitrogens with zero attached hydrogens (tertiary/aromatic N) is 1. The lowest BCUT2D eigenvalue weighted by Crippen LogP contribution is -2.50. The lowest BCUT2D eigenvalue weighted by Gasteiger charge is -2.30. The van der Waals surface area contributed by atoms with E-state index >= 15 is 0 Å². The van der Waals surface area contributed by atoms with Gasteiger partial charge in [0.05, 0.1) is 18.0 Å². The molecule has 1 aliphatic rings. The lowest BCUT2D eigenvalue weighted by molar-refractivity contribution is -0.122. The fourth-order valence-corrected chi connectivity index (χ4v) is 3.05. The summed E-state index contributed by atoms with van der Waals surface area (Å²) in [7, 11) is -1.48. The standard InChI is InChI=1S/C17H24N2O6S/c1-11(17(21)13-5-6-14-15(9-13)25-10-24-14)19(3)12(2)18-16(20)7-8-26(4,22)23/h5-6,9,11-12H,7-8,10H2,1-4H3,(H,18,20). The third kappa shape index (κ3) is 5.18. The minimum atomic E-state index is -3.20. The van der Waals surface area contributed by atoms with E-state index < -0.39 is 22.0 Å². The van der Waals surface area contributed by atoms with E-state index in [-0.39, 0.29) is 30.7 Å². The van der Waals surface area contributed by atoms with Gasteiger partial charge < -0.3 is 14.8 Å². The molecule has 2 unspecified atom stereocenters. The second kappa shape index (κ2) is 8.05. The number of amides is 1. The van der Waals surface area contributed by atoms with Gasteiger partial charge in [-0.2, -0.15) is 0 Å². The minimum absolute atomic E-state index is 0.110. The summed E-state index contributed by atoms with van der Waals surface area (Å²) in [6.45, 7) is 3.62. The first-order valence-electron chi connectivity index (χ1n) is 8.21. The van der Waals surface area contributed by atoms with Crippen molar-refractivity contribution < 1.29 is 27.5 Å². The van der Waals surface area contributed by atoms with Gasteiger partial charge >= 0.3 is 0 Å². The zero-order valence-electron chi connectivity index (χ0n) is 15.3. The van der Waals surface area contributed by atoms with Crippen LogP contribution in [0.25, 0.3) is 0 Å². The van der Waals surface area contributed by atoms with Crippen LogP contribution in [0.15, 0.2) is 18.2 Å². The third-order valence-corrected chi connectivity index (χ3v) is 5.27. The van der Waals surface area contributed by atoms with E-state index in [2.05, 4.69) is 5.32 Å². The van der Waals surface area contributed by atoms with Crippen LogP contribution in [-0.4, -0.2) is 63.1 Å². The van der Waals surface area contributed by atoms with Crippen molar-refractivity contribution in [2.45, 2.75) is 32.5 Å². The molecule has 8 nitrogen and oxygen atoms in total. The van der Waals surface area contributed by atoms with Gasteiger partial charge in [-0.25, -0.2) is 8.42 Å². The Bertz CT molecular complexity index is 792. The van der Waals surface area contributed by atoms with Crippen LogP contribution >= 0.6 is 0 Å². The molecule has 9 heteroatoms. The van der Waals surface area contributed by atoms with Gasteiger partial charge in [-0.1, -0.05) is 0 Å². The molecule has 1 aromatic carbocycles. The van der Waals surface area contributed by atoms with Gasteiger partial charge in [-0.15, -0.1) is 0 Å². The summed E-state index contributed by atoms with van der Waals surface area (Å²) in [6, 6.07) is 4.51. The van der Waals surface area contributed by atoms with Crippen molar-refractivity contribution in [2.75, 3.05) is 25.8 Å². The van der Waals surface area contributed by atoms with Gasteiger partial charge in [0.25, 0.3) is 0 Å². The van der Waals surface area contributed by atoms with Gasteiger partial charge in [0.2, 0.25) is 12.7 Å². The van der Waals surface area contributed by atoms with E-state index in [9.17, 15) is 18.0 Å². The van der Waals surface area contributed by atoms with Crippen LogP contribution in [0.3, 0.4) is 0 Å². The predicted molar refractivity (Wildman–Crippen MR) is 96.1 cm³/mol. The second-order valence-corrected chi connectivity index (χ2v) is 8.66. The van der Waals surface area contributed by atoms with Crippen molar-refractivity contribution in [3.05, 3.63) is 23.8 Å². The summed E-state index contributed by atoms with van der Waals surface area (Å²) in [4.78, 5) is 26.3. The largest absolute Gasteiger partial charge is 0.454 e. The van der Waals surface area contributed by atoms with Crippen molar-refractivity contribution in [1.29, 1.82) is 0 Å². The first kappa shape index (κ1) is 20.2. The van der Waals surface area contributed by atoms with E-state index in [1.54, 1.807) is 44.0 Å². The number of hydrogen-bond donors (Lipinski definition) is 1. The first-order valence-corrected chi connectivity index (χ1v) is 10.3. The number of rotatable bonds is 8. The number of carbonyl (C=O) groups excluding carboxylic acids is 2. The van der Waals surface area contributed by atoms with Crippen LogP contribution in [0, 0.1) is 0 Å². The number of carbonyl (C=O) groups is 2. The van der Waals surface area contributed by atoms with Crippen molar-refractivity contribution in [3.8, 4) is 11.5 Å². The monoisotopic (exact) mass is 384 g/mol. The Labute approximate surface area is 153 Å². The maximum absolute atomic E-state index is 12.7. The number of Topliss-reactive ketones (excluding diaryl/α,β-unsaturated/α-hetero) is 1. The number of hydrogen-bond acceptors (Lipinski definition) is 7. The van der Waals surface area contributed by atoms with Crippen LogP contribution in [0.5, 0.6) is 11.5 Å². The predicted octanol–water partition coefficient (Wildman–Crippen LogP) is 0.815. The number of sulfone groups is 1. The molecule has 144 valence electrons. The maximum Gasteiger partial charge on any atom is 0.231 e. The van der Waals surface area contributed by atoms with E-state index in [1.807, 2.05) is 0 Å². The fraction of sp³-hybridized carbons (Fsp3) is 0.529. The highest BCUT2D eigenvalue weighted by molar-refractivity contribution is 7.90. The Morgan fingerprint density at radius 3 is 2.54 bits per heavy atom. The lowest BCUT2D eigenvalue weighted by atomic mass is 10.0. The molecule has 2 rings (SSSR count). The van der Waals surface area contributed by atoms with Gasteiger partial charge in [0, 0.05) is 18.2 Å². The Morgan fingerprint density at radius 1 is 1.23 bits per heavy atom. The minimum Gasteiger partial charge on any atom is -0.454 e. The highest BCUT2D eigenvalue weighted by atomic mass is 32.2. The number of likely N-dealkylation sites (N-methyl/N-ethyl adjacent to an activating group) is 1. The maximum atomic E-state index is 12.7.